The highest BCUT2D eigenvalue weighted by molar-refractivity contribution is 5.31. The van der Waals surface area contributed by atoms with Gasteiger partial charge in [-0.2, -0.15) is 4.98 Å². The van der Waals surface area contributed by atoms with Gasteiger partial charge in [-0.05, 0) is 50.4 Å². The Morgan fingerprint density at radius 3 is 2.86 bits per heavy atom. The van der Waals surface area contributed by atoms with E-state index in [-0.39, 0.29) is 0 Å². The van der Waals surface area contributed by atoms with Gasteiger partial charge < -0.3 is 9.84 Å². The van der Waals surface area contributed by atoms with Gasteiger partial charge in [-0.15, -0.1) is 0 Å². The minimum atomic E-state index is 0.371. The lowest BCUT2D eigenvalue weighted by molar-refractivity contribution is 0.332. The average Bonchev–Trinajstić information content (AvgIpc) is 3.11. The molecule has 1 fully saturated rings. The van der Waals surface area contributed by atoms with Crippen LogP contribution in [0.15, 0.2) is 22.7 Å². The predicted octanol–water partition coefficient (Wildman–Crippen LogP) is 3.13. The minimum Gasteiger partial charge on any atom is -0.339 e. The molecule has 3 rings (SSSR count). The molecule has 21 heavy (non-hydrogen) atoms. The Morgan fingerprint density at radius 2 is 2.10 bits per heavy atom. The first-order valence-corrected chi connectivity index (χ1v) is 7.73. The van der Waals surface area contributed by atoms with Crippen molar-refractivity contribution in [1.29, 1.82) is 0 Å². The molecule has 0 aliphatic heterocycles. The van der Waals surface area contributed by atoms with Gasteiger partial charge in [-0.1, -0.05) is 29.8 Å². The van der Waals surface area contributed by atoms with E-state index in [0.717, 1.165) is 24.6 Å². The van der Waals surface area contributed by atoms with Crippen LogP contribution in [-0.4, -0.2) is 23.2 Å². The fraction of sp³-hybridized carbons (Fsp3) is 0.529. The van der Waals surface area contributed by atoms with E-state index in [1.54, 1.807) is 0 Å². The van der Waals surface area contributed by atoms with Crippen LogP contribution in [-0.2, 0) is 6.42 Å². The Balaban J connectivity index is 1.74. The summed E-state index contributed by atoms with van der Waals surface area (Å²) in [7, 11) is 2.01. The van der Waals surface area contributed by atoms with Gasteiger partial charge in [0, 0.05) is 12.5 Å². The summed E-state index contributed by atoms with van der Waals surface area (Å²) in [5, 5.41) is 7.52. The van der Waals surface area contributed by atoms with E-state index >= 15 is 0 Å². The van der Waals surface area contributed by atoms with Crippen LogP contribution in [0.1, 0.15) is 53.6 Å². The number of aromatic nitrogens is 2. The van der Waals surface area contributed by atoms with E-state index in [2.05, 4.69) is 47.5 Å². The molecule has 0 amide bonds. The van der Waals surface area contributed by atoms with Crippen molar-refractivity contribution in [2.75, 3.05) is 7.05 Å². The van der Waals surface area contributed by atoms with Crippen LogP contribution in [0.4, 0.5) is 0 Å². The van der Waals surface area contributed by atoms with Crippen LogP contribution in [0.5, 0.6) is 0 Å². The molecule has 1 aromatic carbocycles. The second kappa shape index (κ2) is 5.98. The number of nitrogens with zero attached hydrogens (tertiary/aromatic N) is 2. The molecule has 0 saturated heterocycles. The van der Waals surface area contributed by atoms with Crippen molar-refractivity contribution < 1.29 is 4.52 Å². The number of aryl methyl sites for hydroxylation is 2. The van der Waals surface area contributed by atoms with Gasteiger partial charge in [-0.3, -0.25) is 0 Å². The van der Waals surface area contributed by atoms with Crippen LogP contribution in [0.2, 0.25) is 0 Å². The van der Waals surface area contributed by atoms with E-state index in [4.69, 9.17) is 4.52 Å². The highest BCUT2D eigenvalue weighted by atomic mass is 16.5. The first-order chi connectivity index (χ1) is 10.2. The van der Waals surface area contributed by atoms with Crippen LogP contribution >= 0.6 is 0 Å². The van der Waals surface area contributed by atoms with Crippen LogP contribution in [0, 0.1) is 13.8 Å². The summed E-state index contributed by atoms with van der Waals surface area (Å²) in [6.07, 6.45) is 4.29. The Hall–Kier alpha value is -1.68. The van der Waals surface area contributed by atoms with Crippen molar-refractivity contribution >= 4 is 0 Å². The first kappa shape index (κ1) is 14.3. The van der Waals surface area contributed by atoms with Gasteiger partial charge in [0.1, 0.15) is 0 Å². The van der Waals surface area contributed by atoms with Gasteiger partial charge in [0.2, 0.25) is 5.89 Å². The lowest BCUT2D eigenvalue weighted by Crippen LogP contribution is -2.27. The number of likely N-dealkylation sites (N-methyl/N-ethyl adjacent to an activating group) is 1. The van der Waals surface area contributed by atoms with Crippen molar-refractivity contribution in [2.24, 2.45) is 0 Å². The van der Waals surface area contributed by atoms with Gasteiger partial charge in [0.25, 0.3) is 0 Å². The standard InChI is InChI=1S/C17H23N3O/c1-11-7-8-13(9-12(11)2)10-16-19-17(21-20-16)14-5-4-6-15(14)18-3/h7-9,14-15,18H,4-6,10H2,1-3H3. The van der Waals surface area contributed by atoms with Crippen molar-refractivity contribution in [3.8, 4) is 0 Å². The molecule has 2 unspecified atom stereocenters. The molecule has 0 spiro atoms. The van der Waals surface area contributed by atoms with Crippen molar-refractivity contribution in [1.82, 2.24) is 15.5 Å². The van der Waals surface area contributed by atoms with Gasteiger partial charge in [0.15, 0.2) is 5.82 Å². The quantitative estimate of drug-likeness (QED) is 0.937. The molecule has 1 aromatic heterocycles. The first-order valence-electron chi connectivity index (χ1n) is 7.73. The van der Waals surface area contributed by atoms with Gasteiger partial charge in [0.05, 0.1) is 5.92 Å². The Bertz CT molecular complexity index is 620. The van der Waals surface area contributed by atoms with Crippen LogP contribution in [0.3, 0.4) is 0 Å². The SMILES string of the molecule is CNC1CCCC1c1nc(Cc2ccc(C)c(C)c2)no1. The normalized spacial score (nSPS) is 21.9. The maximum atomic E-state index is 5.51. The number of nitrogens with one attached hydrogen (secondary N) is 1. The molecule has 2 aromatic rings. The summed E-state index contributed by atoms with van der Waals surface area (Å²) >= 11 is 0. The monoisotopic (exact) mass is 285 g/mol. The summed E-state index contributed by atoms with van der Waals surface area (Å²) in [5.41, 5.74) is 3.86. The summed E-state index contributed by atoms with van der Waals surface area (Å²) in [6, 6.07) is 6.97. The number of rotatable bonds is 4. The summed E-state index contributed by atoms with van der Waals surface area (Å²) < 4.78 is 5.51. The largest absolute Gasteiger partial charge is 0.339 e. The zero-order valence-corrected chi connectivity index (χ0v) is 13.0. The third-order valence-corrected chi connectivity index (χ3v) is 4.62. The van der Waals surface area contributed by atoms with Crippen molar-refractivity contribution in [3.05, 3.63) is 46.6 Å². The average molecular weight is 285 g/mol. The fourth-order valence-corrected chi connectivity index (χ4v) is 3.19. The minimum absolute atomic E-state index is 0.371. The molecule has 1 saturated carbocycles. The second-order valence-electron chi connectivity index (χ2n) is 6.08. The van der Waals surface area contributed by atoms with Crippen LogP contribution in [0.25, 0.3) is 0 Å². The molecular formula is C17H23N3O. The van der Waals surface area contributed by atoms with Crippen LogP contribution < -0.4 is 5.32 Å². The Labute approximate surface area is 126 Å². The molecular weight excluding hydrogens is 262 g/mol. The molecule has 0 bridgehead atoms. The maximum Gasteiger partial charge on any atom is 0.231 e. The van der Waals surface area contributed by atoms with Gasteiger partial charge in [-0.25, -0.2) is 0 Å². The van der Waals surface area contributed by atoms with Crippen molar-refractivity contribution in [2.45, 2.75) is 51.5 Å². The van der Waals surface area contributed by atoms with E-state index in [0.29, 0.717) is 12.0 Å². The van der Waals surface area contributed by atoms with E-state index < -0.39 is 0 Å². The smallest absolute Gasteiger partial charge is 0.231 e. The van der Waals surface area contributed by atoms with E-state index in [1.165, 1.54) is 29.5 Å². The zero-order valence-electron chi connectivity index (χ0n) is 13.0. The highest BCUT2D eigenvalue weighted by Crippen LogP contribution is 2.33. The lowest BCUT2D eigenvalue weighted by Gasteiger charge is -2.14. The summed E-state index contributed by atoms with van der Waals surface area (Å²) in [6.45, 7) is 4.26. The molecule has 2 atom stereocenters. The maximum absolute atomic E-state index is 5.51. The molecule has 1 aliphatic rings. The molecule has 1 aliphatic carbocycles. The fourth-order valence-electron chi connectivity index (χ4n) is 3.19. The molecule has 4 nitrogen and oxygen atoms in total. The van der Waals surface area contributed by atoms with E-state index in [1.807, 2.05) is 7.05 Å². The van der Waals surface area contributed by atoms with Crippen molar-refractivity contribution in [3.63, 3.8) is 0 Å². The topological polar surface area (TPSA) is 51.0 Å². The molecule has 4 heteroatoms. The summed E-state index contributed by atoms with van der Waals surface area (Å²) in [4.78, 5) is 4.62. The lowest BCUT2D eigenvalue weighted by atomic mass is 10.0. The third-order valence-electron chi connectivity index (χ3n) is 4.62. The molecule has 112 valence electrons. The Morgan fingerprint density at radius 1 is 1.24 bits per heavy atom. The zero-order chi connectivity index (χ0) is 14.8. The van der Waals surface area contributed by atoms with Gasteiger partial charge >= 0.3 is 0 Å². The summed E-state index contributed by atoms with van der Waals surface area (Å²) in [5.74, 6) is 1.96. The molecule has 1 heterocycles. The molecule has 0 radical (unpaired) electrons. The highest BCUT2D eigenvalue weighted by Gasteiger charge is 2.31. The number of benzene rings is 1. The third kappa shape index (κ3) is 3.00. The van der Waals surface area contributed by atoms with E-state index in [9.17, 15) is 0 Å². The molecule has 1 N–H and O–H groups in total. The second-order valence-corrected chi connectivity index (χ2v) is 6.08. The number of hydrogen-bond acceptors (Lipinski definition) is 4. The Kier molecular flexibility index (Phi) is 4.06. The number of hydrogen-bond donors (Lipinski definition) is 1. The predicted molar refractivity (Wildman–Crippen MR) is 82.5 cm³/mol.